The molecule has 0 aliphatic heterocycles. The Labute approximate surface area is 103 Å². The summed E-state index contributed by atoms with van der Waals surface area (Å²) in [5.74, 6) is 1.18. The highest BCUT2D eigenvalue weighted by Crippen LogP contribution is 2.37. The molecule has 0 N–H and O–H groups in total. The van der Waals surface area contributed by atoms with Crippen molar-refractivity contribution in [3.8, 4) is 5.75 Å². The lowest BCUT2D eigenvalue weighted by atomic mass is 10.2. The SMILES string of the molecule is Cc1csc2ccc(OCCCl)c(Cl)c12. The molecule has 2 rings (SSSR count). The summed E-state index contributed by atoms with van der Waals surface area (Å²) in [6.45, 7) is 2.53. The average molecular weight is 261 g/mol. The van der Waals surface area contributed by atoms with Crippen LogP contribution in [-0.2, 0) is 0 Å². The van der Waals surface area contributed by atoms with Crippen LogP contribution in [0.5, 0.6) is 5.75 Å². The topological polar surface area (TPSA) is 9.23 Å². The van der Waals surface area contributed by atoms with Crippen LogP contribution in [0.15, 0.2) is 17.5 Å². The lowest BCUT2D eigenvalue weighted by molar-refractivity contribution is 0.343. The van der Waals surface area contributed by atoms with Gasteiger partial charge in [0.15, 0.2) is 0 Å². The number of halogens is 2. The summed E-state index contributed by atoms with van der Waals surface area (Å²) < 4.78 is 6.65. The highest BCUT2D eigenvalue weighted by molar-refractivity contribution is 7.17. The van der Waals surface area contributed by atoms with Gasteiger partial charge in [-0.3, -0.25) is 0 Å². The normalized spacial score (nSPS) is 10.9. The van der Waals surface area contributed by atoms with Crippen LogP contribution in [0.2, 0.25) is 5.02 Å². The zero-order chi connectivity index (χ0) is 10.8. The zero-order valence-electron chi connectivity index (χ0n) is 8.22. The molecule has 0 saturated carbocycles. The summed E-state index contributed by atoms with van der Waals surface area (Å²) in [6, 6.07) is 3.93. The maximum atomic E-state index is 6.26. The fourth-order valence-corrected chi connectivity index (χ4v) is 2.93. The molecule has 1 aromatic carbocycles. The number of hydrogen-bond acceptors (Lipinski definition) is 2. The Hall–Kier alpha value is -0.440. The minimum atomic E-state index is 0.469. The Balaban J connectivity index is 2.49. The second-order valence-corrected chi connectivity index (χ2v) is 4.87. The van der Waals surface area contributed by atoms with Gasteiger partial charge in [-0.2, -0.15) is 0 Å². The van der Waals surface area contributed by atoms with Gasteiger partial charge in [0.1, 0.15) is 12.4 Å². The van der Waals surface area contributed by atoms with Crippen LogP contribution in [0.1, 0.15) is 5.56 Å². The van der Waals surface area contributed by atoms with Crippen LogP contribution < -0.4 is 4.74 Å². The summed E-state index contributed by atoms with van der Waals surface area (Å²) >= 11 is 13.5. The molecule has 15 heavy (non-hydrogen) atoms. The van der Waals surface area contributed by atoms with Crippen molar-refractivity contribution < 1.29 is 4.74 Å². The predicted octanol–water partition coefficient (Wildman–Crippen LogP) is 4.48. The van der Waals surface area contributed by atoms with Crippen LogP contribution in [0.3, 0.4) is 0 Å². The van der Waals surface area contributed by atoms with Gasteiger partial charge in [0, 0.05) is 10.1 Å². The third kappa shape index (κ3) is 2.07. The molecular weight excluding hydrogens is 251 g/mol. The first kappa shape index (κ1) is 11.1. The number of hydrogen-bond donors (Lipinski definition) is 0. The van der Waals surface area contributed by atoms with E-state index < -0.39 is 0 Å². The molecule has 0 atom stereocenters. The molecule has 0 spiro atoms. The Morgan fingerprint density at radius 1 is 1.40 bits per heavy atom. The fraction of sp³-hybridized carbons (Fsp3) is 0.273. The smallest absolute Gasteiger partial charge is 0.138 e. The summed E-state index contributed by atoms with van der Waals surface area (Å²) in [6.07, 6.45) is 0. The number of alkyl halides is 1. The Kier molecular flexibility index (Phi) is 3.39. The third-order valence-electron chi connectivity index (χ3n) is 2.16. The quantitative estimate of drug-likeness (QED) is 0.740. The lowest BCUT2D eigenvalue weighted by Crippen LogP contribution is -1.98. The van der Waals surface area contributed by atoms with Crippen molar-refractivity contribution in [3.05, 3.63) is 28.1 Å². The molecule has 0 fully saturated rings. The van der Waals surface area contributed by atoms with E-state index >= 15 is 0 Å². The number of rotatable bonds is 3. The van der Waals surface area contributed by atoms with Crippen molar-refractivity contribution in [2.75, 3.05) is 12.5 Å². The molecule has 0 amide bonds. The molecule has 0 bridgehead atoms. The summed E-state index contributed by atoms with van der Waals surface area (Å²) in [7, 11) is 0. The van der Waals surface area contributed by atoms with Crippen LogP contribution in [-0.4, -0.2) is 12.5 Å². The molecular formula is C11H10Cl2OS. The molecule has 0 aliphatic rings. The molecule has 80 valence electrons. The van der Waals surface area contributed by atoms with E-state index in [2.05, 4.69) is 12.3 Å². The molecule has 1 heterocycles. The van der Waals surface area contributed by atoms with Gasteiger partial charge in [0.25, 0.3) is 0 Å². The highest BCUT2D eigenvalue weighted by atomic mass is 35.5. The van der Waals surface area contributed by atoms with E-state index in [0.29, 0.717) is 23.3 Å². The van der Waals surface area contributed by atoms with Crippen molar-refractivity contribution >= 4 is 44.6 Å². The van der Waals surface area contributed by atoms with Gasteiger partial charge in [-0.05, 0) is 30.0 Å². The molecule has 1 aromatic heterocycles. The van der Waals surface area contributed by atoms with E-state index in [0.717, 1.165) is 5.39 Å². The first-order valence-electron chi connectivity index (χ1n) is 4.59. The minimum Gasteiger partial charge on any atom is -0.491 e. The Morgan fingerprint density at radius 3 is 2.93 bits per heavy atom. The number of benzene rings is 1. The number of aryl methyl sites for hydroxylation is 1. The summed E-state index contributed by atoms with van der Waals surface area (Å²) in [5, 5.41) is 3.88. The van der Waals surface area contributed by atoms with E-state index in [1.165, 1.54) is 10.3 Å². The summed E-state index contributed by atoms with van der Waals surface area (Å²) in [4.78, 5) is 0. The minimum absolute atomic E-state index is 0.469. The van der Waals surface area contributed by atoms with Crippen molar-refractivity contribution in [2.45, 2.75) is 6.92 Å². The second-order valence-electron chi connectivity index (χ2n) is 3.21. The van der Waals surface area contributed by atoms with E-state index in [1.807, 2.05) is 12.1 Å². The first-order valence-corrected chi connectivity index (χ1v) is 6.38. The standard InChI is InChI=1S/C11H10Cl2OS/c1-7-6-15-9-3-2-8(14-5-4-12)11(13)10(7)9/h2-3,6H,4-5H2,1H3. The zero-order valence-corrected chi connectivity index (χ0v) is 10.5. The van der Waals surface area contributed by atoms with Crippen molar-refractivity contribution in [1.82, 2.24) is 0 Å². The van der Waals surface area contributed by atoms with Crippen molar-refractivity contribution in [3.63, 3.8) is 0 Å². The fourth-order valence-electron chi connectivity index (χ4n) is 1.48. The molecule has 2 aromatic rings. The summed E-state index contributed by atoms with van der Waals surface area (Å²) in [5.41, 5.74) is 1.19. The maximum absolute atomic E-state index is 6.26. The molecule has 0 aliphatic carbocycles. The predicted molar refractivity (Wildman–Crippen MR) is 67.8 cm³/mol. The van der Waals surface area contributed by atoms with Gasteiger partial charge >= 0.3 is 0 Å². The van der Waals surface area contributed by atoms with Crippen LogP contribution >= 0.6 is 34.5 Å². The van der Waals surface area contributed by atoms with Crippen LogP contribution in [0.25, 0.3) is 10.1 Å². The van der Waals surface area contributed by atoms with E-state index in [1.54, 1.807) is 11.3 Å². The molecule has 0 saturated heterocycles. The molecule has 0 unspecified atom stereocenters. The van der Waals surface area contributed by atoms with Crippen LogP contribution in [0.4, 0.5) is 0 Å². The van der Waals surface area contributed by atoms with Gasteiger partial charge in [-0.15, -0.1) is 22.9 Å². The molecule has 1 nitrogen and oxygen atoms in total. The second kappa shape index (κ2) is 4.60. The number of ether oxygens (including phenoxy) is 1. The van der Waals surface area contributed by atoms with Gasteiger partial charge in [0.05, 0.1) is 10.9 Å². The van der Waals surface area contributed by atoms with Gasteiger partial charge in [-0.25, -0.2) is 0 Å². The van der Waals surface area contributed by atoms with E-state index in [4.69, 9.17) is 27.9 Å². The molecule has 4 heteroatoms. The van der Waals surface area contributed by atoms with Gasteiger partial charge < -0.3 is 4.74 Å². The van der Waals surface area contributed by atoms with Crippen molar-refractivity contribution in [1.29, 1.82) is 0 Å². The van der Waals surface area contributed by atoms with Gasteiger partial charge in [-0.1, -0.05) is 11.6 Å². The van der Waals surface area contributed by atoms with Gasteiger partial charge in [0.2, 0.25) is 0 Å². The average Bonchev–Trinajstić information content (AvgIpc) is 2.60. The maximum Gasteiger partial charge on any atom is 0.138 e. The van der Waals surface area contributed by atoms with Crippen LogP contribution in [0, 0.1) is 6.92 Å². The first-order chi connectivity index (χ1) is 7.24. The lowest BCUT2D eigenvalue weighted by Gasteiger charge is -2.07. The Morgan fingerprint density at radius 2 is 2.20 bits per heavy atom. The highest BCUT2D eigenvalue weighted by Gasteiger charge is 2.09. The largest absolute Gasteiger partial charge is 0.491 e. The Bertz CT molecular complexity index is 479. The number of fused-ring (bicyclic) bond motifs is 1. The van der Waals surface area contributed by atoms with E-state index in [-0.39, 0.29) is 0 Å². The van der Waals surface area contributed by atoms with Crippen molar-refractivity contribution in [2.24, 2.45) is 0 Å². The molecule has 0 radical (unpaired) electrons. The monoisotopic (exact) mass is 260 g/mol. The third-order valence-corrected chi connectivity index (χ3v) is 3.76. The van der Waals surface area contributed by atoms with E-state index in [9.17, 15) is 0 Å². The number of thiophene rings is 1.